The third-order valence-corrected chi connectivity index (χ3v) is 4.00. The number of ether oxygens (including phenoxy) is 2. The van der Waals surface area contributed by atoms with Gasteiger partial charge in [-0.05, 0) is 36.4 Å². The van der Waals surface area contributed by atoms with Crippen LogP contribution in [0.5, 0.6) is 11.5 Å². The molecule has 0 aliphatic heterocycles. The quantitative estimate of drug-likeness (QED) is 0.250. The largest absolute Gasteiger partial charge is 0.463 e. The molecule has 0 saturated heterocycles. The highest BCUT2D eigenvalue weighted by Gasteiger charge is 2.34. The van der Waals surface area contributed by atoms with Crippen LogP contribution in [-0.4, -0.2) is 11.5 Å². The van der Waals surface area contributed by atoms with Crippen LogP contribution in [0.4, 0.5) is 13.2 Å². The van der Waals surface area contributed by atoms with Crippen molar-refractivity contribution in [2.24, 2.45) is 0 Å². The molecule has 1 heterocycles. The fourth-order valence-electron chi connectivity index (χ4n) is 2.28. The van der Waals surface area contributed by atoms with Gasteiger partial charge in [-0.1, -0.05) is 23.2 Å². The number of carbonyl (C=O) groups is 1. The zero-order valence-electron chi connectivity index (χ0n) is 13.6. The number of hydrogen-bond acceptors (Lipinski definition) is 5. The summed E-state index contributed by atoms with van der Waals surface area (Å²) >= 11 is 11.6. The minimum Gasteiger partial charge on any atom is -0.463 e. The van der Waals surface area contributed by atoms with E-state index in [-0.39, 0.29) is 16.9 Å². The molecule has 2 aromatic carbocycles. The topological polar surface area (TPSA) is 65.7 Å². The maximum Gasteiger partial charge on any atom is 0.417 e. The molecule has 0 spiro atoms. The number of halogens is 5. The van der Waals surface area contributed by atoms with Gasteiger partial charge in [0, 0.05) is 22.5 Å². The Balaban J connectivity index is 1.81. The Morgan fingerprint density at radius 1 is 1.04 bits per heavy atom. The van der Waals surface area contributed by atoms with Crippen molar-refractivity contribution in [3.05, 3.63) is 69.5 Å². The highest BCUT2D eigenvalue weighted by molar-refractivity contribution is 6.30. The minimum absolute atomic E-state index is 0.176. The van der Waals surface area contributed by atoms with E-state index in [0.29, 0.717) is 11.1 Å². The van der Waals surface area contributed by atoms with Gasteiger partial charge in [-0.15, -0.1) is 0 Å². The van der Waals surface area contributed by atoms with Gasteiger partial charge in [-0.3, -0.25) is 0 Å². The number of rotatable bonds is 4. The van der Waals surface area contributed by atoms with Gasteiger partial charge in [-0.2, -0.15) is 13.2 Å². The van der Waals surface area contributed by atoms with Crippen molar-refractivity contribution < 1.29 is 31.9 Å². The average molecular weight is 433 g/mol. The maximum atomic E-state index is 13.0. The lowest BCUT2D eigenvalue weighted by Gasteiger charge is -2.13. The first kappa shape index (κ1) is 20.0. The van der Waals surface area contributed by atoms with E-state index in [1.807, 2.05) is 0 Å². The summed E-state index contributed by atoms with van der Waals surface area (Å²) in [5.74, 6) is -0.948. The van der Waals surface area contributed by atoms with E-state index in [4.69, 9.17) is 37.1 Å². The Morgan fingerprint density at radius 2 is 1.68 bits per heavy atom. The van der Waals surface area contributed by atoms with Crippen LogP contribution in [0.2, 0.25) is 5.02 Å². The Bertz CT molecular complexity index is 1080. The molecule has 146 valence electrons. The van der Waals surface area contributed by atoms with Gasteiger partial charge in [-0.25, -0.2) is 9.59 Å². The number of hydrogen-bond donors (Lipinski definition) is 0. The highest BCUT2D eigenvalue weighted by Crippen LogP contribution is 2.35. The lowest BCUT2D eigenvalue weighted by Crippen LogP contribution is -2.26. The normalized spacial score (nSPS) is 12.6. The summed E-state index contributed by atoms with van der Waals surface area (Å²) in [6, 6.07) is 9.47. The number of benzene rings is 2. The van der Waals surface area contributed by atoms with E-state index in [2.05, 4.69) is 0 Å². The summed E-state index contributed by atoms with van der Waals surface area (Å²) in [4.78, 5) is 23.4. The minimum atomic E-state index is -4.75. The predicted octanol–water partition coefficient (Wildman–Crippen LogP) is 5.01. The van der Waals surface area contributed by atoms with Crippen molar-refractivity contribution in [2.75, 3.05) is 0 Å². The molecule has 0 N–H and O–H groups in total. The first-order valence-corrected chi connectivity index (χ1v) is 8.38. The van der Waals surface area contributed by atoms with Crippen LogP contribution in [0, 0.1) is 0 Å². The Kier molecular flexibility index (Phi) is 5.53. The molecule has 5 nitrogen and oxygen atoms in total. The van der Waals surface area contributed by atoms with Crippen LogP contribution in [0.25, 0.3) is 11.0 Å². The van der Waals surface area contributed by atoms with Gasteiger partial charge in [0.05, 0.1) is 5.56 Å². The number of esters is 1. The van der Waals surface area contributed by atoms with Gasteiger partial charge < -0.3 is 13.9 Å². The third-order valence-electron chi connectivity index (χ3n) is 3.48. The summed E-state index contributed by atoms with van der Waals surface area (Å²) < 4.78 is 54.0. The van der Waals surface area contributed by atoms with Crippen LogP contribution in [0.3, 0.4) is 0 Å². The van der Waals surface area contributed by atoms with Crippen molar-refractivity contribution in [2.45, 2.75) is 11.7 Å². The molecule has 1 atom stereocenters. The molecule has 0 aliphatic rings. The smallest absolute Gasteiger partial charge is 0.417 e. The zero-order chi connectivity index (χ0) is 20.5. The van der Waals surface area contributed by atoms with Crippen LogP contribution in [0.15, 0.2) is 57.7 Å². The Morgan fingerprint density at radius 3 is 2.32 bits per heavy atom. The van der Waals surface area contributed by atoms with E-state index in [1.54, 1.807) is 0 Å². The molecule has 3 rings (SSSR count). The summed E-state index contributed by atoms with van der Waals surface area (Å²) in [6.45, 7) is 0. The zero-order valence-corrected chi connectivity index (χ0v) is 15.1. The second-order valence-electron chi connectivity index (χ2n) is 5.44. The van der Waals surface area contributed by atoms with Gasteiger partial charge in [0.2, 0.25) is 0 Å². The lowest BCUT2D eigenvalue weighted by molar-refractivity contribution is -0.139. The maximum absolute atomic E-state index is 13.0. The number of fused-ring (bicyclic) bond motifs is 1. The van der Waals surface area contributed by atoms with E-state index >= 15 is 0 Å². The van der Waals surface area contributed by atoms with E-state index in [1.165, 1.54) is 24.3 Å². The lowest BCUT2D eigenvalue weighted by atomic mass is 10.1. The molecule has 0 radical (unpaired) electrons. The molecule has 0 amide bonds. The summed E-state index contributed by atoms with van der Waals surface area (Å²) in [5, 5.41) is 0.101. The number of carbonyl (C=O) groups excluding carboxylic acids is 1. The summed E-state index contributed by atoms with van der Waals surface area (Å²) in [5.41, 5.74) is -4.28. The van der Waals surface area contributed by atoms with Gasteiger partial charge in [0.25, 0.3) is 5.56 Å². The second kappa shape index (κ2) is 7.73. The first-order valence-electron chi connectivity index (χ1n) is 7.56. The average Bonchev–Trinajstić information content (AvgIpc) is 2.61. The summed E-state index contributed by atoms with van der Waals surface area (Å²) in [7, 11) is 0. The van der Waals surface area contributed by atoms with Gasteiger partial charge >= 0.3 is 17.8 Å². The van der Waals surface area contributed by atoms with Crippen LogP contribution < -0.4 is 15.1 Å². The first-order chi connectivity index (χ1) is 13.1. The SMILES string of the molecule is O=C(Oc1ccc2c(C(F)(F)F)cc(=O)oc2c1)C(Cl)Oc1ccc(Cl)cc1. The second-order valence-corrected chi connectivity index (χ2v) is 6.28. The molecule has 0 fully saturated rings. The van der Waals surface area contributed by atoms with Crippen molar-refractivity contribution in [3.8, 4) is 11.5 Å². The van der Waals surface area contributed by atoms with Gasteiger partial charge in [0.1, 0.15) is 17.1 Å². The molecular formula is C18H9Cl2F3O5. The monoisotopic (exact) mass is 432 g/mol. The summed E-state index contributed by atoms with van der Waals surface area (Å²) in [6.07, 6.45) is -4.75. The fourth-order valence-corrected chi connectivity index (χ4v) is 2.56. The van der Waals surface area contributed by atoms with Crippen molar-refractivity contribution in [3.63, 3.8) is 0 Å². The van der Waals surface area contributed by atoms with E-state index < -0.39 is 34.5 Å². The van der Waals surface area contributed by atoms with Crippen molar-refractivity contribution in [1.29, 1.82) is 0 Å². The van der Waals surface area contributed by atoms with Crippen LogP contribution in [0.1, 0.15) is 5.56 Å². The van der Waals surface area contributed by atoms with Crippen molar-refractivity contribution in [1.82, 2.24) is 0 Å². The molecular weight excluding hydrogens is 424 g/mol. The fraction of sp³-hybridized carbons (Fsp3) is 0.111. The molecule has 1 unspecified atom stereocenters. The molecule has 1 aromatic heterocycles. The molecule has 0 aliphatic carbocycles. The van der Waals surface area contributed by atoms with E-state index in [9.17, 15) is 22.8 Å². The molecule has 28 heavy (non-hydrogen) atoms. The molecule has 0 saturated carbocycles. The van der Waals surface area contributed by atoms with Crippen LogP contribution >= 0.6 is 23.2 Å². The van der Waals surface area contributed by atoms with E-state index in [0.717, 1.165) is 18.2 Å². The molecule has 0 bridgehead atoms. The third kappa shape index (κ3) is 4.58. The predicted molar refractivity (Wildman–Crippen MR) is 94.8 cm³/mol. The Hall–Kier alpha value is -2.71. The van der Waals surface area contributed by atoms with Gasteiger partial charge in [0.15, 0.2) is 0 Å². The van der Waals surface area contributed by atoms with Crippen LogP contribution in [-0.2, 0) is 11.0 Å². The molecule has 10 heteroatoms. The number of alkyl halides is 4. The van der Waals surface area contributed by atoms with Crippen molar-refractivity contribution >= 4 is 40.1 Å². The standard InChI is InChI=1S/C18H9Cl2F3O5/c19-9-1-3-10(4-2-9)26-16(20)17(25)27-11-5-6-12-13(18(21,22)23)8-15(24)28-14(12)7-11/h1-8,16H. The highest BCUT2D eigenvalue weighted by atomic mass is 35.5. The Labute approximate surface area is 165 Å². The molecule has 3 aromatic rings.